The molecule has 0 saturated heterocycles. The van der Waals surface area contributed by atoms with Crippen LogP contribution >= 0.6 is 0 Å². The van der Waals surface area contributed by atoms with Crippen LogP contribution in [-0.4, -0.2) is 38.3 Å². The average Bonchev–Trinajstić information content (AvgIpc) is 2.78. The lowest BCUT2D eigenvalue weighted by molar-refractivity contribution is 0.0721. The molecule has 0 unspecified atom stereocenters. The fourth-order valence-corrected chi connectivity index (χ4v) is 4.06. The van der Waals surface area contributed by atoms with E-state index in [-0.39, 0.29) is 0 Å². The minimum Gasteiger partial charge on any atom is -0.380 e. The Balaban J connectivity index is 3.42. The Morgan fingerprint density at radius 1 is 0.594 bits per heavy atom. The summed E-state index contributed by atoms with van der Waals surface area (Å²) in [6.45, 7) is 6.40. The van der Waals surface area contributed by atoms with Gasteiger partial charge in [0.1, 0.15) is 0 Å². The molecule has 0 fully saturated rings. The van der Waals surface area contributed by atoms with Crippen LogP contribution in [0.3, 0.4) is 0 Å². The van der Waals surface area contributed by atoms with Gasteiger partial charge in [-0.2, -0.15) is 0 Å². The highest BCUT2D eigenvalue weighted by Gasteiger charge is 2.11. The topological polar surface area (TPSA) is 12.5 Å². The highest BCUT2D eigenvalue weighted by atomic mass is 16.5. The van der Waals surface area contributed by atoms with Gasteiger partial charge in [0, 0.05) is 12.6 Å². The molecule has 0 aliphatic heterocycles. The van der Waals surface area contributed by atoms with Gasteiger partial charge in [-0.25, -0.2) is 0 Å². The number of hydrogen-bond donors (Lipinski definition) is 0. The first kappa shape index (κ1) is 31.4. The molecule has 1 atom stereocenters. The largest absolute Gasteiger partial charge is 0.380 e. The molecule has 0 aromatic rings. The van der Waals surface area contributed by atoms with Crippen molar-refractivity contribution in [2.45, 2.75) is 142 Å². The number of hydrogen-bond acceptors (Lipinski definition) is 2. The molecule has 0 rings (SSSR count). The molecule has 0 aromatic heterocycles. The summed E-state index contributed by atoms with van der Waals surface area (Å²) >= 11 is 0. The van der Waals surface area contributed by atoms with E-state index in [2.05, 4.69) is 57.1 Å². The molecule has 0 heterocycles. The molecule has 2 nitrogen and oxygen atoms in total. The Hall–Kier alpha value is -0.600. The van der Waals surface area contributed by atoms with Crippen molar-refractivity contribution in [3.05, 3.63) is 24.3 Å². The molecule has 0 bridgehead atoms. The number of ether oxygens (including phenoxy) is 1. The molecule has 0 amide bonds. The molecular formula is C30H59NO. The summed E-state index contributed by atoms with van der Waals surface area (Å²) in [6.07, 6.45) is 34.6. The SMILES string of the molecule is CCCCCC=CCC=CCCCCCCCCOC[C@H](CCCCCCCC)N(C)C. The van der Waals surface area contributed by atoms with E-state index in [0.29, 0.717) is 6.04 Å². The molecule has 0 N–H and O–H groups in total. The Labute approximate surface area is 203 Å². The molecule has 0 radical (unpaired) electrons. The summed E-state index contributed by atoms with van der Waals surface area (Å²) in [5.41, 5.74) is 0. The summed E-state index contributed by atoms with van der Waals surface area (Å²) in [6, 6.07) is 0.589. The summed E-state index contributed by atoms with van der Waals surface area (Å²) < 4.78 is 6.02. The third-order valence-electron chi connectivity index (χ3n) is 6.42. The fraction of sp³-hybridized carbons (Fsp3) is 0.867. The Bertz CT molecular complexity index is 402. The fourth-order valence-electron chi connectivity index (χ4n) is 4.06. The lowest BCUT2D eigenvalue weighted by Crippen LogP contribution is -2.32. The molecule has 0 spiro atoms. The van der Waals surface area contributed by atoms with E-state index >= 15 is 0 Å². The van der Waals surface area contributed by atoms with Crippen LogP contribution in [0.5, 0.6) is 0 Å². The van der Waals surface area contributed by atoms with Crippen molar-refractivity contribution in [2.75, 3.05) is 27.3 Å². The van der Waals surface area contributed by atoms with Crippen LogP contribution in [0.25, 0.3) is 0 Å². The number of likely N-dealkylation sites (N-methyl/N-ethyl adjacent to an activating group) is 1. The predicted octanol–water partition coefficient (Wildman–Crippen LogP) is 9.50. The van der Waals surface area contributed by atoms with Crippen molar-refractivity contribution < 1.29 is 4.74 Å². The maximum atomic E-state index is 6.02. The Kier molecular flexibility index (Phi) is 26.2. The van der Waals surface area contributed by atoms with Gasteiger partial charge in [0.2, 0.25) is 0 Å². The second kappa shape index (κ2) is 26.7. The number of allylic oxidation sites excluding steroid dienone is 4. The van der Waals surface area contributed by atoms with Crippen LogP contribution in [0.15, 0.2) is 24.3 Å². The van der Waals surface area contributed by atoms with Gasteiger partial charge in [0.15, 0.2) is 0 Å². The zero-order valence-corrected chi connectivity index (χ0v) is 22.6. The first-order valence-corrected chi connectivity index (χ1v) is 14.3. The molecule has 190 valence electrons. The first-order valence-electron chi connectivity index (χ1n) is 14.3. The van der Waals surface area contributed by atoms with E-state index in [0.717, 1.165) is 19.6 Å². The average molecular weight is 450 g/mol. The second-order valence-electron chi connectivity index (χ2n) is 9.83. The molecule has 0 aliphatic carbocycles. The van der Waals surface area contributed by atoms with Crippen molar-refractivity contribution in [3.8, 4) is 0 Å². The van der Waals surface area contributed by atoms with Crippen LogP contribution in [-0.2, 0) is 4.74 Å². The zero-order chi connectivity index (χ0) is 23.5. The summed E-state index contributed by atoms with van der Waals surface area (Å²) in [5, 5.41) is 0. The van der Waals surface area contributed by atoms with Gasteiger partial charge in [0.05, 0.1) is 6.61 Å². The minimum atomic E-state index is 0.589. The standard InChI is InChI=1S/C30H59NO/c1-5-7-9-11-13-14-15-16-17-18-19-20-21-22-24-26-28-32-29-30(31(3)4)27-25-23-12-10-8-6-2/h13-14,16-17,30H,5-12,15,18-29H2,1-4H3/t30-/m0/s1. The van der Waals surface area contributed by atoms with Gasteiger partial charge in [-0.15, -0.1) is 0 Å². The smallest absolute Gasteiger partial charge is 0.0621 e. The van der Waals surface area contributed by atoms with Crippen molar-refractivity contribution in [1.29, 1.82) is 0 Å². The first-order chi connectivity index (χ1) is 15.7. The minimum absolute atomic E-state index is 0.589. The maximum absolute atomic E-state index is 6.02. The molecule has 0 saturated carbocycles. The monoisotopic (exact) mass is 449 g/mol. The third-order valence-corrected chi connectivity index (χ3v) is 6.42. The van der Waals surface area contributed by atoms with Crippen LogP contribution in [0.1, 0.15) is 136 Å². The molecule has 32 heavy (non-hydrogen) atoms. The Morgan fingerprint density at radius 2 is 1.09 bits per heavy atom. The van der Waals surface area contributed by atoms with Gasteiger partial charge < -0.3 is 9.64 Å². The van der Waals surface area contributed by atoms with E-state index in [1.54, 1.807) is 0 Å². The van der Waals surface area contributed by atoms with E-state index < -0.39 is 0 Å². The summed E-state index contributed by atoms with van der Waals surface area (Å²) in [4.78, 5) is 2.35. The van der Waals surface area contributed by atoms with Gasteiger partial charge in [0.25, 0.3) is 0 Å². The van der Waals surface area contributed by atoms with Crippen molar-refractivity contribution in [2.24, 2.45) is 0 Å². The van der Waals surface area contributed by atoms with Crippen molar-refractivity contribution in [3.63, 3.8) is 0 Å². The quantitative estimate of drug-likeness (QED) is 0.102. The summed E-state index contributed by atoms with van der Waals surface area (Å²) in [5.74, 6) is 0. The van der Waals surface area contributed by atoms with E-state index in [4.69, 9.17) is 4.74 Å². The molecule has 0 aliphatic rings. The van der Waals surface area contributed by atoms with Crippen LogP contribution in [0.4, 0.5) is 0 Å². The molecule has 2 heteroatoms. The lowest BCUT2D eigenvalue weighted by Gasteiger charge is -2.24. The van der Waals surface area contributed by atoms with E-state index in [1.807, 2.05) is 0 Å². The van der Waals surface area contributed by atoms with Crippen molar-refractivity contribution >= 4 is 0 Å². The maximum Gasteiger partial charge on any atom is 0.0621 e. The van der Waals surface area contributed by atoms with Gasteiger partial charge in [-0.05, 0) is 59.0 Å². The number of nitrogens with zero attached hydrogens (tertiary/aromatic N) is 1. The zero-order valence-electron chi connectivity index (χ0n) is 22.6. The highest BCUT2D eigenvalue weighted by Crippen LogP contribution is 2.12. The van der Waals surface area contributed by atoms with Crippen LogP contribution in [0.2, 0.25) is 0 Å². The van der Waals surface area contributed by atoms with Crippen LogP contribution in [0, 0.1) is 0 Å². The molecule has 0 aromatic carbocycles. The lowest BCUT2D eigenvalue weighted by atomic mass is 10.1. The van der Waals surface area contributed by atoms with E-state index in [1.165, 1.54) is 116 Å². The third kappa shape index (κ3) is 24.1. The van der Waals surface area contributed by atoms with Gasteiger partial charge >= 0.3 is 0 Å². The van der Waals surface area contributed by atoms with Crippen LogP contribution < -0.4 is 0 Å². The van der Waals surface area contributed by atoms with Gasteiger partial charge in [-0.3, -0.25) is 0 Å². The number of rotatable bonds is 25. The number of unbranched alkanes of at least 4 members (excludes halogenated alkanes) is 14. The molecular weight excluding hydrogens is 390 g/mol. The predicted molar refractivity (Wildman–Crippen MR) is 146 cm³/mol. The van der Waals surface area contributed by atoms with E-state index in [9.17, 15) is 0 Å². The normalized spacial score (nSPS) is 13.2. The highest BCUT2D eigenvalue weighted by molar-refractivity contribution is 4.92. The van der Waals surface area contributed by atoms with Crippen molar-refractivity contribution in [1.82, 2.24) is 4.90 Å². The van der Waals surface area contributed by atoms with Gasteiger partial charge in [-0.1, -0.05) is 115 Å². The summed E-state index contributed by atoms with van der Waals surface area (Å²) in [7, 11) is 4.40. The Morgan fingerprint density at radius 3 is 1.72 bits per heavy atom. The second-order valence-corrected chi connectivity index (χ2v) is 9.83.